The van der Waals surface area contributed by atoms with Crippen LogP contribution in [0, 0.1) is 5.82 Å². The van der Waals surface area contributed by atoms with Gasteiger partial charge in [-0.2, -0.15) is 0 Å². The summed E-state index contributed by atoms with van der Waals surface area (Å²) in [6, 6.07) is 13.9. The van der Waals surface area contributed by atoms with Gasteiger partial charge >= 0.3 is 0 Å². The van der Waals surface area contributed by atoms with E-state index < -0.39 is 6.04 Å². The Morgan fingerprint density at radius 1 is 1.00 bits per heavy atom. The molecule has 1 N–H and O–H groups in total. The van der Waals surface area contributed by atoms with Crippen molar-refractivity contribution in [2.24, 2.45) is 0 Å². The fourth-order valence-electron chi connectivity index (χ4n) is 3.36. The van der Waals surface area contributed by atoms with Crippen LogP contribution in [-0.2, 0) is 28.0 Å². The molecule has 2 aromatic rings. The quantitative estimate of drug-likeness (QED) is 0.646. The highest BCUT2D eigenvalue weighted by Crippen LogP contribution is 2.23. The van der Waals surface area contributed by atoms with Crippen LogP contribution < -0.4 is 5.32 Å². The number of hydrogen-bond donors (Lipinski definition) is 1. The van der Waals surface area contributed by atoms with Crippen LogP contribution in [0.3, 0.4) is 0 Å². The minimum Gasteiger partial charge on any atom is -0.352 e. The lowest BCUT2D eigenvalue weighted by Crippen LogP contribution is -2.49. The van der Waals surface area contributed by atoms with Crippen LogP contribution in [-0.4, -0.2) is 28.8 Å². The van der Waals surface area contributed by atoms with E-state index in [1.807, 2.05) is 26.0 Å². The van der Waals surface area contributed by atoms with Crippen LogP contribution in [0.2, 0.25) is 0 Å². The predicted molar refractivity (Wildman–Crippen MR) is 123 cm³/mol. The molecule has 1 atom stereocenters. The average Bonchev–Trinajstić information content (AvgIpc) is 2.70. The van der Waals surface area contributed by atoms with Crippen molar-refractivity contribution in [2.45, 2.75) is 78.4 Å². The molecule has 31 heavy (non-hydrogen) atoms. The van der Waals surface area contributed by atoms with Gasteiger partial charge in [0.05, 0.1) is 0 Å². The second kappa shape index (κ2) is 10.6. The molecule has 0 heterocycles. The van der Waals surface area contributed by atoms with Crippen molar-refractivity contribution < 1.29 is 14.0 Å². The molecular weight excluding hydrogens is 391 g/mol. The molecule has 5 heteroatoms. The first-order valence-electron chi connectivity index (χ1n) is 10.9. The zero-order chi connectivity index (χ0) is 23.2. The third-order valence-electron chi connectivity index (χ3n) is 5.34. The van der Waals surface area contributed by atoms with E-state index in [1.165, 1.54) is 16.5 Å². The zero-order valence-corrected chi connectivity index (χ0v) is 19.5. The van der Waals surface area contributed by atoms with E-state index in [0.717, 1.165) is 5.56 Å². The van der Waals surface area contributed by atoms with Gasteiger partial charge in [-0.25, -0.2) is 4.39 Å². The van der Waals surface area contributed by atoms with Gasteiger partial charge in [-0.1, -0.05) is 63.2 Å². The second-order valence-corrected chi connectivity index (χ2v) is 9.40. The summed E-state index contributed by atoms with van der Waals surface area (Å²) in [5.74, 6) is -0.793. The van der Waals surface area contributed by atoms with Gasteiger partial charge in [0.2, 0.25) is 11.8 Å². The summed E-state index contributed by atoms with van der Waals surface area (Å²) in [4.78, 5) is 27.2. The third-order valence-corrected chi connectivity index (χ3v) is 5.34. The summed E-state index contributed by atoms with van der Waals surface area (Å²) in [6.45, 7) is 12.0. The van der Waals surface area contributed by atoms with Crippen LogP contribution in [0.1, 0.15) is 64.7 Å². The van der Waals surface area contributed by atoms with Crippen molar-refractivity contribution in [2.75, 3.05) is 0 Å². The van der Waals surface area contributed by atoms with Crippen molar-refractivity contribution in [3.63, 3.8) is 0 Å². The number of benzene rings is 2. The summed E-state index contributed by atoms with van der Waals surface area (Å²) in [7, 11) is 0. The van der Waals surface area contributed by atoms with Crippen molar-refractivity contribution in [1.29, 1.82) is 0 Å². The first-order chi connectivity index (χ1) is 14.5. The Kier molecular flexibility index (Phi) is 8.37. The van der Waals surface area contributed by atoms with Gasteiger partial charge in [-0.3, -0.25) is 9.59 Å². The molecule has 2 rings (SSSR count). The number of hydrogen-bond acceptors (Lipinski definition) is 2. The lowest BCUT2D eigenvalue weighted by molar-refractivity contribution is -0.140. The normalized spacial score (nSPS) is 12.5. The largest absolute Gasteiger partial charge is 0.352 e. The van der Waals surface area contributed by atoms with E-state index in [-0.39, 0.29) is 42.1 Å². The minimum absolute atomic E-state index is 0.0401. The molecule has 0 saturated heterocycles. The highest BCUT2D eigenvalue weighted by atomic mass is 19.1. The van der Waals surface area contributed by atoms with E-state index in [4.69, 9.17) is 0 Å². The third kappa shape index (κ3) is 7.20. The molecule has 2 aromatic carbocycles. The maximum Gasteiger partial charge on any atom is 0.242 e. The van der Waals surface area contributed by atoms with Crippen LogP contribution in [0.5, 0.6) is 0 Å². The molecule has 0 radical (unpaired) electrons. The Labute approximate surface area is 185 Å². The number of aryl methyl sites for hydroxylation is 1. The van der Waals surface area contributed by atoms with Gasteiger partial charge in [0.25, 0.3) is 0 Å². The van der Waals surface area contributed by atoms with Crippen molar-refractivity contribution in [1.82, 2.24) is 10.2 Å². The molecule has 0 saturated carbocycles. The Morgan fingerprint density at radius 2 is 1.61 bits per heavy atom. The fourth-order valence-corrected chi connectivity index (χ4v) is 3.36. The Hall–Kier alpha value is -2.69. The molecular formula is C26H35FN2O2. The summed E-state index contributed by atoms with van der Waals surface area (Å²) in [6.07, 6.45) is 0.818. The van der Waals surface area contributed by atoms with Gasteiger partial charge in [-0.15, -0.1) is 0 Å². The van der Waals surface area contributed by atoms with E-state index in [2.05, 4.69) is 38.2 Å². The molecule has 168 valence electrons. The van der Waals surface area contributed by atoms with Crippen LogP contribution >= 0.6 is 0 Å². The Morgan fingerprint density at radius 3 is 2.16 bits per heavy atom. The van der Waals surface area contributed by atoms with E-state index in [1.54, 1.807) is 25.1 Å². The molecule has 0 unspecified atom stereocenters. The molecule has 0 spiro atoms. The number of carbonyl (C=O) groups excluding carboxylic acids is 2. The maximum absolute atomic E-state index is 14.2. The number of nitrogens with zero attached hydrogens (tertiary/aromatic N) is 1. The SMILES string of the molecule is CC(C)NC(=O)[C@@H](C)N(Cc1ccccc1F)C(=O)CCc1ccc(C(C)(C)C)cc1. The van der Waals surface area contributed by atoms with Crippen LogP contribution in [0.4, 0.5) is 4.39 Å². The predicted octanol–water partition coefficient (Wildman–Crippen LogP) is 5.00. The molecule has 4 nitrogen and oxygen atoms in total. The first-order valence-corrected chi connectivity index (χ1v) is 10.9. The molecule has 0 aliphatic carbocycles. The topological polar surface area (TPSA) is 49.4 Å². The average molecular weight is 427 g/mol. The van der Waals surface area contributed by atoms with Crippen molar-refractivity contribution in [3.8, 4) is 0 Å². The van der Waals surface area contributed by atoms with E-state index in [0.29, 0.717) is 12.0 Å². The van der Waals surface area contributed by atoms with E-state index in [9.17, 15) is 14.0 Å². The summed E-state index contributed by atoms with van der Waals surface area (Å²) < 4.78 is 14.2. The standard InChI is InChI=1S/C26H35FN2O2/c1-18(2)28-25(31)19(3)29(17-21-9-7-8-10-23(21)27)24(30)16-13-20-11-14-22(15-12-20)26(4,5)6/h7-12,14-15,18-19H,13,16-17H2,1-6H3,(H,28,31)/t19-/m1/s1. The highest BCUT2D eigenvalue weighted by molar-refractivity contribution is 5.87. The van der Waals surface area contributed by atoms with Gasteiger partial charge in [0.15, 0.2) is 0 Å². The summed E-state index contributed by atoms with van der Waals surface area (Å²) in [5.41, 5.74) is 2.77. The number of halogens is 1. The van der Waals surface area contributed by atoms with Gasteiger partial charge in [0.1, 0.15) is 11.9 Å². The monoisotopic (exact) mass is 426 g/mol. The van der Waals surface area contributed by atoms with Crippen LogP contribution in [0.15, 0.2) is 48.5 Å². The Balaban J connectivity index is 2.15. The molecule has 0 aliphatic rings. The molecule has 0 aliphatic heterocycles. The lowest BCUT2D eigenvalue weighted by atomic mass is 9.86. The van der Waals surface area contributed by atoms with Gasteiger partial charge in [0, 0.05) is 24.6 Å². The fraction of sp³-hybridized carbons (Fsp3) is 0.462. The van der Waals surface area contributed by atoms with Gasteiger partial charge < -0.3 is 10.2 Å². The minimum atomic E-state index is -0.697. The highest BCUT2D eigenvalue weighted by Gasteiger charge is 2.27. The molecule has 0 aromatic heterocycles. The first kappa shape index (κ1) is 24.6. The number of rotatable bonds is 8. The summed E-state index contributed by atoms with van der Waals surface area (Å²) in [5, 5.41) is 2.85. The number of nitrogens with one attached hydrogen (secondary N) is 1. The Bertz CT molecular complexity index is 885. The molecule has 2 amide bonds. The number of carbonyl (C=O) groups is 2. The molecule has 0 bridgehead atoms. The summed E-state index contributed by atoms with van der Waals surface area (Å²) >= 11 is 0. The number of amides is 2. The smallest absolute Gasteiger partial charge is 0.242 e. The lowest BCUT2D eigenvalue weighted by Gasteiger charge is -2.29. The second-order valence-electron chi connectivity index (χ2n) is 9.40. The van der Waals surface area contributed by atoms with Crippen molar-refractivity contribution >= 4 is 11.8 Å². The zero-order valence-electron chi connectivity index (χ0n) is 19.5. The van der Waals surface area contributed by atoms with Crippen molar-refractivity contribution in [3.05, 3.63) is 71.0 Å². The van der Waals surface area contributed by atoms with Gasteiger partial charge in [-0.05, 0) is 49.8 Å². The molecule has 0 fully saturated rings. The van der Waals surface area contributed by atoms with E-state index >= 15 is 0 Å². The van der Waals surface area contributed by atoms with Crippen LogP contribution in [0.25, 0.3) is 0 Å². The maximum atomic E-state index is 14.2.